The van der Waals surface area contributed by atoms with E-state index in [-0.39, 0.29) is 17.7 Å². The number of thioether (sulfide) groups is 1. The van der Waals surface area contributed by atoms with Gasteiger partial charge in [-0.1, -0.05) is 6.07 Å². The van der Waals surface area contributed by atoms with Crippen molar-refractivity contribution in [2.75, 3.05) is 19.3 Å². The minimum atomic E-state index is -0.0368. The number of piperidine rings is 3. The van der Waals surface area contributed by atoms with Crippen molar-refractivity contribution in [2.24, 2.45) is 5.92 Å². The van der Waals surface area contributed by atoms with Crippen LogP contribution in [-0.4, -0.2) is 53.0 Å². The zero-order chi connectivity index (χ0) is 20.5. The van der Waals surface area contributed by atoms with Gasteiger partial charge in [0.1, 0.15) is 0 Å². The predicted molar refractivity (Wildman–Crippen MR) is 118 cm³/mol. The van der Waals surface area contributed by atoms with Gasteiger partial charge in [-0.2, -0.15) is 0 Å². The fourth-order valence-electron chi connectivity index (χ4n) is 4.85. The van der Waals surface area contributed by atoms with E-state index in [1.165, 1.54) is 28.7 Å². The van der Waals surface area contributed by atoms with E-state index < -0.39 is 0 Å². The van der Waals surface area contributed by atoms with E-state index in [1.807, 2.05) is 25.4 Å². The van der Waals surface area contributed by atoms with E-state index in [1.54, 1.807) is 13.1 Å². The molecule has 1 amide bonds. The molecule has 3 aliphatic heterocycles. The van der Waals surface area contributed by atoms with Crippen LogP contribution < -0.4 is 5.32 Å². The second kappa shape index (κ2) is 8.58. The number of amides is 1. The average molecular weight is 430 g/mol. The lowest BCUT2D eigenvalue weighted by molar-refractivity contribution is 0.0136. The summed E-state index contributed by atoms with van der Waals surface area (Å²) in [5.74, 6) is 0.503. The summed E-state index contributed by atoms with van der Waals surface area (Å²) in [6.45, 7) is 5.68. The number of nitrogens with zero attached hydrogens (tertiary/aromatic N) is 2. The van der Waals surface area contributed by atoms with Gasteiger partial charge in [-0.15, -0.1) is 23.1 Å². The van der Waals surface area contributed by atoms with E-state index in [0.29, 0.717) is 22.4 Å². The first-order chi connectivity index (χ1) is 14.0. The Kier molecular flexibility index (Phi) is 6.08. The number of thiophene rings is 1. The van der Waals surface area contributed by atoms with E-state index >= 15 is 0 Å². The second-order valence-corrected chi connectivity index (χ2v) is 10.1. The Bertz CT molecular complexity index is 904. The van der Waals surface area contributed by atoms with Crippen molar-refractivity contribution >= 4 is 34.8 Å². The Morgan fingerprint density at radius 3 is 2.69 bits per heavy atom. The van der Waals surface area contributed by atoms with E-state index in [9.17, 15) is 9.59 Å². The van der Waals surface area contributed by atoms with Gasteiger partial charge in [0.15, 0.2) is 5.78 Å². The second-order valence-electron chi connectivity index (χ2n) is 7.98. The van der Waals surface area contributed by atoms with Crippen molar-refractivity contribution in [2.45, 2.75) is 49.4 Å². The lowest BCUT2D eigenvalue weighted by Gasteiger charge is -2.51. The molecule has 0 aromatic carbocycles. The maximum absolute atomic E-state index is 13.3. The third kappa shape index (κ3) is 4.00. The highest BCUT2D eigenvalue weighted by Gasteiger charge is 2.43. The van der Waals surface area contributed by atoms with Crippen LogP contribution >= 0.6 is 23.1 Å². The molecule has 154 valence electrons. The van der Waals surface area contributed by atoms with Crippen LogP contribution in [0.3, 0.4) is 0 Å². The highest BCUT2D eigenvalue weighted by molar-refractivity contribution is 8.00. The highest BCUT2D eigenvalue weighted by Crippen LogP contribution is 2.37. The van der Waals surface area contributed by atoms with Gasteiger partial charge in [0.2, 0.25) is 0 Å². The van der Waals surface area contributed by atoms with Gasteiger partial charge >= 0.3 is 0 Å². The standard InChI is InChI=1S/C22H27N3O2S2/c1-13-18(14(2)26)22(28-3)29-20(13)21(27)24-19-16-6-9-25(10-7-16)17(19)11-15-5-4-8-23-12-15/h4-5,8,12,16-17,19H,6-7,9-11H2,1-3H3,(H,24,27). The summed E-state index contributed by atoms with van der Waals surface area (Å²) < 4.78 is 0.931. The van der Waals surface area contributed by atoms with Crippen LogP contribution in [0.1, 0.15) is 50.9 Å². The van der Waals surface area contributed by atoms with Crippen LogP contribution in [0.25, 0.3) is 0 Å². The Balaban J connectivity index is 1.58. The monoisotopic (exact) mass is 429 g/mol. The van der Waals surface area contributed by atoms with Gasteiger partial charge in [-0.25, -0.2) is 0 Å². The molecule has 3 aliphatic rings. The molecule has 0 saturated carbocycles. The summed E-state index contributed by atoms with van der Waals surface area (Å²) in [4.78, 5) is 32.8. The first-order valence-corrected chi connectivity index (χ1v) is 12.2. The van der Waals surface area contributed by atoms with Crippen molar-refractivity contribution in [1.82, 2.24) is 15.2 Å². The number of hydrogen-bond acceptors (Lipinski definition) is 6. The van der Waals surface area contributed by atoms with Crippen LogP contribution in [0.5, 0.6) is 0 Å². The molecule has 5 nitrogen and oxygen atoms in total. The molecule has 0 spiro atoms. The maximum Gasteiger partial charge on any atom is 0.261 e. The molecule has 0 radical (unpaired) electrons. The molecular weight excluding hydrogens is 402 g/mol. The van der Waals surface area contributed by atoms with E-state index in [2.05, 4.69) is 21.3 Å². The summed E-state index contributed by atoms with van der Waals surface area (Å²) in [6, 6.07) is 4.51. The smallest absolute Gasteiger partial charge is 0.261 e. The molecule has 2 atom stereocenters. The summed E-state index contributed by atoms with van der Waals surface area (Å²) in [7, 11) is 0. The van der Waals surface area contributed by atoms with Gasteiger partial charge < -0.3 is 5.32 Å². The van der Waals surface area contributed by atoms with Crippen LogP contribution in [-0.2, 0) is 6.42 Å². The number of rotatable bonds is 6. The van der Waals surface area contributed by atoms with Crippen LogP contribution in [0, 0.1) is 12.8 Å². The molecule has 1 N–H and O–H groups in total. The summed E-state index contributed by atoms with van der Waals surface area (Å²) in [6.07, 6.45) is 8.84. The number of aromatic nitrogens is 1. The topological polar surface area (TPSA) is 62.3 Å². The van der Waals surface area contributed by atoms with Crippen molar-refractivity contribution in [3.63, 3.8) is 0 Å². The normalized spacial score (nSPS) is 25.8. The van der Waals surface area contributed by atoms with Crippen molar-refractivity contribution < 1.29 is 9.59 Å². The molecule has 2 bridgehead atoms. The third-order valence-corrected chi connectivity index (χ3v) is 8.70. The summed E-state index contributed by atoms with van der Waals surface area (Å²) in [5, 5.41) is 3.37. The molecule has 29 heavy (non-hydrogen) atoms. The van der Waals surface area contributed by atoms with Crippen LogP contribution in [0.15, 0.2) is 28.7 Å². The van der Waals surface area contributed by atoms with Crippen molar-refractivity contribution in [1.29, 1.82) is 0 Å². The van der Waals surface area contributed by atoms with Crippen LogP contribution in [0.2, 0.25) is 0 Å². The van der Waals surface area contributed by atoms with Gasteiger partial charge in [-0.05, 0) is 75.6 Å². The van der Waals surface area contributed by atoms with E-state index in [4.69, 9.17) is 0 Å². The molecule has 3 saturated heterocycles. The number of ketones is 1. The van der Waals surface area contributed by atoms with E-state index in [0.717, 1.165) is 42.1 Å². The Morgan fingerprint density at radius 1 is 1.34 bits per heavy atom. The average Bonchev–Trinajstić information content (AvgIpc) is 3.08. The van der Waals surface area contributed by atoms with Gasteiger partial charge in [-0.3, -0.25) is 19.5 Å². The number of carbonyl (C=O) groups excluding carboxylic acids is 2. The number of nitrogens with one attached hydrogen (secondary N) is 1. The quantitative estimate of drug-likeness (QED) is 0.559. The fraction of sp³-hybridized carbons (Fsp3) is 0.500. The third-order valence-electron chi connectivity index (χ3n) is 6.29. The zero-order valence-electron chi connectivity index (χ0n) is 17.1. The Labute approximate surface area is 180 Å². The molecule has 5 heterocycles. The summed E-state index contributed by atoms with van der Waals surface area (Å²) in [5.41, 5.74) is 2.73. The molecule has 5 rings (SSSR count). The number of pyridine rings is 1. The zero-order valence-corrected chi connectivity index (χ0v) is 18.7. The Morgan fingerprint density at radius 2 is 2.10 bits per heavy atom. The van der Waals surface area contributed by atoms with Crippen LogP contribution in [0.4, 0.5) is 0 Å². The lowest BCUT2D eigenvalue weighted by atomic mass is 9.76. The lowest BCUT2D eigenvalue weighted by Crippen LogP contribution is -2.64. The first-order valence-electron chi connectivity index (χ1n) is 10.1. The molecule has 7 heteroatoms. The molecular formula is C22H27N3O2S2. The van der Waals surface area contributed by atoms with Crippen molar-refractivity contribution in [3.8, 4) is 0 Å². The molecule has 2 aromatic rings. The van der Waals surface area contributed by atoms with Gasteiger partial charge in [0.25, 0.3) is 5.91 Å². The number of Topliss-reactive ketones (excluding diaryl/α,β-unsaturated/α-hetero) is 1. The molecule has 0 aliphatic carbocycles. The minimum Gasteiger partial charge on any atom is -0.347 e. The molecule has 2 aromatic heterocycles. The number of fused-ring (bicyclic) bond motifs is 3. The highest BCUT2D eigenvalue weighted by atomic mass is 32.2. The Hall–Kier alpha value is -1.70. The molecule has 3 fully saturated rings. The molecule has 2 unspecified atom stereocenters. The maximum atomic E-state index is 13.3. The SMILES string of the molecule is CSc1sc(C(=O)NC2C3CCN(CC3)C2Cc2cccnc2)c(C)c1C(C)=O. The van der Waals surface area contributed by atoms with Gasteiger partial charge in [0.05, 0.1) is 9.09 Å². The van der Waals surface area contributed by atoms with Gasteiger partial charge in [0, 0.05) is 30.0 Å². The predicted octanol–water partition coefficient (Wildman–Crippen LogP) is 3.81. The largest absolute Gasteiger partial charge is 0.347 e. The van der Waals surface area contributed by atoms with Crippen molar-refractivity contribution in [3.05, 3.63) is 46.1 Å². The summed E-state index contributed by atoms with van der Waals surface area (Å²) >= 11 is 2.98. The number of carbonyl (C=O) groups is 2. The minimum absolute atomic E-state index is 0.0273. The number of hydrogen-bond donors (Lipinski definition) is 1. The first kappa shape index (κ1) is 20.6. The fourth-order valence-corrected chi connectivity index (χ4v) is 6.93.